The molecule has 9 rings (SSSR count). The van der Waals surface area contributed by atoms with E-state index in [2.05, 4.69) is 49.2 Å². The number of fused-ring (bicyclic) bond motifs is 2. The van der Waals surface area contributed by atoms with Crippen LogP contribution >= 0.6 is 23.2 Å². The maximum absolute atomic E-state index is 13.6. The fourth-order valence-corrected chi connectivity index (χ4v) is 10.6. The lowest BCUT2D eigenvalue weighted by atomic mass is 9.90. The molecule has 0 bridgehead atoms. The lowest BCUT2D eigenvalue weighted by molar-refractivity contribution is -0.153. The van der Waals surface area contributed by atoms with Crippen molar-refractivity contribution in [1.82, 2.24) is 29.8 Å². The lowest BCUT2D eigenvalue weighted by Gasteiger charge is -2.54. The molecule has 1 N–H and O–H groups in total. The van der Waals surface area contributed by atoms with Crippen molar-refractivity contribution in [3.05, 3.63) is 105 Å². The second-order valence-electron chi connectivity index (χ2n) is 16.8. The third-order valence-corrected chi connectivity index (χ3v) is 13.7. The number of amides is 2. The first-order valence-electron chi connectivity index (χ1n) is 21.3. The molecule has 6 fully saturated rings. The van der Waals surface area contributed by atoms with Gasteiger partial charge in [0.15, 0.2) is 0 Å². The van der Waals surface area contributed by atoms with Crippen LogP contribution in [0.5, 0.6) is 0 Å². The Morgan fingerprint density at radius 2 is 1.11 bits per heavy atom. The normalized spacial score (nSPS) is 26.9. The zero-order valence-corrected chi connectivity index (χ0v) is 35.1. The van der Waals surface area contributed by atoms with Crippen LogP contribution in [0.25, 0.3) is 0 Å². The standard InChI is InChI=1S/C26H31ClFN3O2.C19H25ClFN3O2.2CH4/c27-21-14-20(8-9-22(21)28)15-25(32)31-13-12-30(16-19-6-2-1-3-7-19)24-18-33-17-23(26(24)31)29-10-4-5-11-29;20-14-9-13(3-4-15(14)21)10-18(25)24-8-5-22-16-11-26-12-17(19(16)24)23-6-1-2-7-23;;/h1-3,6-9,14,23-24,26H,4-5,10-13,15-18H2;3-4,9,16-17,19,22H,1-2,5-8,10-12H2;2*1H4/t23-,24+,26+;16-,17+,19+;;/m01../s1. The highest BCUT2D eigenvalue weighted by atomic mass is 35.5. The molecule has 10 nitrogen and oxygen atoms in total. The summed E-state index contributed by atoms with van der Waals surface area (Å²) in [6.07, 6.45) is 5.30. The van der Waals surface area contributed by atoms with Crippen molar-refractivity contribution >= 4 is 35.0 Å². The number of ether oxygens (including phenoxy) is 2. The van der Waals surface area contributed by atoms with Crippen LogP contribution < -0.4 is 5.32 Å². The Morgan fingerprint density at radius 3 is 1.67 bits per heavy atom. The Kier molecular flexibility index (Phi) is 17.0. The molecule has 14 heteroatoms. The Bertz CT molecular complexity index is 1900. The van der Waals surface area contributed by atoms with Crippen LogP contribution in [0, 0.1) is 11.6 Å². The Balaban J connectivity index is 0.000000203. The Morgan fingerprint density at radius 1 is 0.607 bits per heavy atom. The number of halogens is 4. The summed E-state index contributed by atoms with van der Waals surface area (Å²) in [6, 6.07) is 20.6. The van der Waals surface area contributed by atoms with Crippen molar-refractivity contribution in [3.63, 3.8) is 0 Å². The van der Waals surface area contributed by atoms with Crippen LogP contribution in [-0.4, -0.2) is 151 Å². The summed E-state index contributed by atoms with van der Waals surface area (Å²) in [5, 5.41) is 3.65. The molecule has 2 amide bonds. The third kappa shape index (κ3) is 11.1. The number of rotatable bonds is 8. The van der Waals surface area contributed by atoms with Crippen molar-refractivity contribution in [3.8, 4) is 0 Å². The van der Waals surface area contributed by atoms with Crippen LogP contribution in [0.2, 0.25) is 10.0 Å². The van der Waals surface area contributed by atoms with E-state index in [-0.39, 0.29) is 85.8 Å². The molecule has 0 aromatic heterocycles. The van der Waals surface area contributed by atoms with E-state index in [4.69, 9.17) is 32.7 Å². The number of benzene rings is 3. The fraction of sp³-hybridized carbons (Fsp3) is 0.574. The quantitative estimate of drug-likeness (QED) is 0.273. The highest BCUT2D eigenvalue weighted by Gasteiger charge is 2.48. The summed E-state index contributed by atoms with van der Waals surface area (Å²) in [7, 11) is 0. The van der Waals surface area contributed by atoms with E-state index in [1.165, 1.54) is 43.4 Å². The summed E-state index contributed by atoms with van der Waals surface area (Å²) in [6.45, 7) is 10.7. The van der Waals surface area contributed by atoms with Gasteiger partial charge in [0.1, 0.15) is 11.6 Å². The average molecular weight is 886 g/mol. The number of likely N-dealkylation sites (tertiary alicyclic amines) is 2. The predicted molar refractivity (Wildman–Crippen MR) is 238 cm³/mol. The summed E-state index contributed by atoms with van der Waals surface area (Å²) < 4.78 is 39.0. The molecule has 0 radical (unpaired) electrons. The summed E-state index contributed by atoms with van der Waals surface area (Å²) >= 11 is 11.8. The van der Waals surface area contributed by atoms with Crippen molar-refractivity contribution in [2.45, 2.75) is 96.2 Å². The van der Waals surface area contributed by atoms with Gasteiger partial charge in [0.25, 0.3) is 0 Å². The van der Waals surface area contributed by atoms with Gasteiger partial charge in [-0.1, -0.05) is 80.5 Å². The second-order valence-corrected chi connectivity index (χ2v) is 17.6. The highest BCUT2D eigenvalue weighted by molar-refractivity contribution is 6.31. The molecule has 0 spiro atoms. The maximum Gasteiger partial charge on any atom is 0.227 e. The highest BCUT2D eigenvalue weighted by Crippen LogP contribution is 2.32. The minimum atomic E-state index is -0.457. The smallest absolute Gasteiger partial charge is 0.227 e. The van der Waals surface area contributed by atoms with E-state index in [0.717, 1.165) is 56.9 Å². The molecule has 3 aromatic carbocycles. The second kappa shape index (κ2) is 21.9. The van der Waals surface area contributed by atoms with Gasteiger partial charge in [-0.25, -0.2) is 8.78 Å². The van der Waals surface area contributed by atoms with E-state index in [1.54, 1.807) is 24.3 Å². The molecule has 6 atom stereocenters. The van der Waals surface area contributed by atoms with Crippen LogP contribution in [0.15, 0.2) is 66.7 Å². The molecule has 6 aliphatic heterocycles. The molecule has 0 saturated carbocycles. The van der Waals surface area contributed by atoms with Gasteiger partial charge in [-0.2, -0.15) is 0 Å². The average Bonchev–Trinajstić information content (AvgIpc) is 4.00. The molecule has 6 aliphatic rings. The lowest BCUT2D eigenvalue weighted by Crippen LogP contribution is -2.71. The monoisotopic (exact) mass is 884 g/mol. The molecule has 334 valence electrons. The molecular formula is C47H64Cl2F2N6O4. The molecule has 6 saturated heterocycles. The van der Waals surface area contributed by atoms with Gasteiger partial charge in [-0.15, -0.1) is 0 Å². The van der Waals surface area contributed by atoms with E-state index in [9.17, 15) is 18.4 Å². The molecule has 61 heavy (non-hydrogen) atoms. The van der Waals surface area contributed by atoms with Gasteiger partial charge in [0.2, 0.25) is 11.8 Å². The Labute approximate surface area is 371 Å². The van der Waals surface area contributed by atoms with Gasteiger partial charge < -0.3 is 24.6 Å². The van der Waals surface area contributed by atoms with Crippen LogP contribution in [0.4, 0.5) is 8.78 Å². The van der Waals surface area contributed by atoms with E-state index in [0.29, 0.717) is 39.5 Å². The van der Waals surface area contributed by atoms with Gasteiger partial charge in [0, 0.05) is 32.7 Å². The zero-order valence-electron chi connectivity index (χ0n) is 33.6. The van der Waals surface area contributed by atoms with E-state index in [1.807, 2.05) is 11.0 Å². The minimum Gasteiger partial charge on any atom is -0.378 e. The molecule has 0 aliphatic carbocycles. The number of piperazine rings is 2. The molecule has 0 unspecified atom stereocenters. The Hall–Kier alpha value is -3.20. The summed E-state index contributed by atoms with van der Waals surface area (Å²) in [5.74, 6) is -0.752. The number of hydrogen-bond donors (Lipinski definition) is 1. The first kappa shape index (κ1) is 47.3. The van der Waals surface area contributed by atoms with Crippen molar-refractivity contribution < 1.29 is 27.8 Å². The largest absolute Gasteiger partial charge is 0.378 e. The summed E-state index contributed by atoms with van der Waals surface area (Å²) in [4.78, 5) is 38.2. The van der Waals surface area contributed by atoms with Gasteiger partial charge >= 0.3 is 0 Å². The first-order chi connectivity index (χ1) is 28.7. The van der Waals surface area contributed by atoms with E-state index < -0.39 is 11.6 Å². The topological polar surface area (TPSA) is 80.8 Å². The van der Waals surface area contributed by atoms with Crippen LogP contribution in [-0.2, 0) is 38.4 Å². The van der Waals surface area contributed by atoms with Crippen molar-refractivity contribution in [2.24, 2.45) is 0 Å². The molecule has 3 aromatic rings. The van der Waals surface area contributed by atoms with Gasteiger partial charge in [-0.3, -0.25) is 24.3 Å². The van der Waals surface area contributed by atoms with Crippen LogP contribution in [0.1, 0.15) is 57.2 Å². The number of nitrogens with one attached hydrogen (secondary N) is 1. The van der Waals surface area contributed by atoms with Gasteiger partial charge in [-0.05, 0) is 92.8 Å². The zero-order chi connectivity index (χ0) is 40.9. The van der Waals surface area contributed by atoms with Gasteiger partial charge in [0.05, 0.1) is 85.6 Å². The SMILES string of the molecule is C.C.O=C(Cc1ccc(F)c(Cl)c1)N1CCN(Cc2ccccc2)[C@@H]2COC[C@H](N3CCCC3)[C@H]21.O=C(Cc1ccc(F)c(Cl)c1)N1CCN[C@@H]2COC[C@H](N3CCCC3)[C@H]21. The molecule has 6 heterocycles. The first-order valence-corrected chi connectivity index (χ1v) is 22.1. The number of carbonyl (C=O) groups is 2. The maximum atomic E-state index is 13.6. The van der Waals surface area contributed by atoms with Crippen LogP contribution in [0.3, 0.4) is 0 Å². The van der Waals surface area contributed by atoms with Crippen molar-refractivity contribution in [1.29, 1.82) is 0 Å². The number of carbonyl (C=O) groups excluding carboxylic acids is 2. The van der Waals surface area contributed by atoms with Crippen molar-refractivity contribution in [2.75, 3.05) is 78.8 Å². The number of hydrogen-bond acceptors (Lipinski definition) is 8. The molecular weight excluding hydrogens is 821 g/mol. The summed E-state index contributed by atoms with van der Waals surface area (Å²) in [5.41, 5.74) is 2.78. The minimum absolute atomic E-state index is 0. The number of nitrogens with zero attached hydrogens (tertiary/aromatic N) is 5. The third-order valence-electron chi connectivity index (χ3n) is 13.1. The predicted octanol–water partition coefficient (Wildman–Crippen LogP) is 6.56. The fourth-order valence-electron chi connectivity index (χ4n) is 10.2. The van der Waals surface area contributed by atoms with E-state index >= 15 is 0 Å².